The smallest absolute Gasteiger partial charge is 0.330 e. The van der Waals surface area contributed by atoms with Crippen LogP contribution in [0.3, 0.4) is 0 Å². The average Bonchev–Trinajstić information content (AvgIpc) is 2.60. The van der Waals surface area contributed by atoms with Crippen LogP contribution in [0, 0.1) is 11.3 Å². The first kappa shape index (κ1) is 23.2. The zero-order valence-corrected chi connectivity index (χ0v) is 16.6. The summed E-state index contributed by atoms with van der Waals surface area (Å²) in [5.41, 5.74) is -0.410. The van der Waals surface area contributed by atoms with Crippen LogP contribution in [-0.4, -0.2) is 5.97 Å². The highest BCUT2D eigenvalue weighted by molar-refractivity contribution is 5.76. The molecule has 0 fully saturated rings. The summed E-state index contributed by atoms with van der Waals surface area (Å²) in [6, 6.07) is 0. The van der Waals surface area contributed by atoms with Crippen LogP contribution in [-0.2, 0) is 9.63 Å². The summed E-state index contributed by atoms with van der Waals surface area (Å²) in [5, 5.41) is 0. The summed E-state index contributed by atoms with van der Waals surface area (Å²) in [6.45, 7) is 8.53. The molecule has 0 saturated heterocycles. The standard InChI is InChI=1S/C21H41NO2/c1-5-8-9-10-11-12-13-14-15-16-17-18-19(4)21(6-2,7-3)20(23)24-22/h12-13,19H,5-11,14-18,22H2,1-4H3/b13-12-. The molecule has 142 valence electrons. The molecule has 0 saturated carbocycles. The lowest BCUT2D eigenvalue weighted by atomic mass is 9.70. The highest BCUT2D eigenvalue weighted by Crippen LogP contribution is 2.39. The van der Waals surface area contributed by atoms with Crippen LogP contribution in [0.25, 0.3) is 0 Å². The van der Waals surface area contributed by atoms with Crippen molar-refractivity contribution in [2.45, 2.75) is 105 Å². The predicted octanol–water partition coefficient (Wildman–Crippen LogP) is 6.32. The predicted molar refractivity (Wildman–Crippen MR) is 103 cm³/mol. The van der Waals surface area contributed by atoms with Crippen LogP contribution in [0.4, 0.5) is 0 Å². The number of hydrogen-bond acceptors (Lipinski definition) is 3. The Labute approximate surface area is 150 Å². The molecule has 3 heteroatoms. The number of hydrogen-bond donors (Lipinski definition) is 1. The molecule has 24 heavy (non-hydrogen) atoms. The van der Waals surface area contributed by atoms with Gasteiger partial charge in [-0.15, -0.1) is 0 Å². The maximum absolute atomic E-state index is 12.1. The van der Waals surface area contributed by atoms with Crippen molar-refractivity contribution in [3.05, 3.63) is 12.2 Å². The van der Waals surface area contributed by atoms with Crippen LogP contribution in [0.2, 0.25) is 0 Å². The molecule has 0 bridgehead atoms. The lowest BCUT2D eigenvalue weighted by molar-refractivity contribution is -0.161. The van der Waals surface area contributed by atoms with Gasteiger partial charge in [0.2, 0.25) is 0 Å². The van der Waals surface area contributed by atoms with Gasteiger partial charge in [0, 0.05) is 0 Å². The Balaban J connectivity index is 3.90. The van der Waals surface area contributed by atoms with E-state index >= 15 is 0 Å². The minimum absolute atomic E-state index is 0.244. The van der Waals surface area contributed by atoms with Crippen molar-refractivity contribution in [2.75, 3.05) is 0 Å². The molecule has 0 amide bonds. The van der Waals surface area contributed by atoms with Crippen molar-refractivity contribution < 1.29 is 9.63 Å². The molecule has 0 aliphatic heterocycles. The highest BCUT2D eigenvalue weighted by atomic mass is 16.7. The molecule has 0 aliphatic carbocycles. The van der Waals surface area contributed by atoms with Crippen molar-refractivity contribution in [1.29, 1.82) is 0 Å². The SMILES string of the molecule is CCCCCC/C=C\CCCCCC(C)C(CC)(CC)C(=O)ON. The molecule has 0 aliphatic rings. The van der Waals surface area contributed by atoms with Crippen molar-refractivity contribution in [2.24, 2.45) is 17.2 Å². The molecular weight excluding hydrogens is 298 g/mol. The first-order valence-corrected chi connectivity index (χ1v) is 10.1. The second kappa shape index (κ2) is 14.5. The third-order valence-corrected chi connectivity index (χ3v) is 5.62. The van der Waals surface area contributed by atoms with E-state index in [0.717, 1.165) is 19.3 Å². The number of carbonyl (C=O) groups is 1. The number of nitrogens with two attached hydrogens (primary N) is 1. The Morgan fingerprint density at radius 2 is 1.50 bits per heavy atom. The van der Waals surface area contributed by atoms with E-state index in [4.69, 9.17) is 5.90 Å². The first-order chi connectivity index (χ1) is 11.6. The normalized spacial score (nSPS) is 13.4. The third-order valence-electron chi connectivity index (χ3n) is 5.62. The van der Waals surface area contributed by atoms with Crippen LogP contribution < -0.4 is 5.90 Å². The lowest BCUT2D eigenvalue weighted by Crippen LogP contribution is -2.39. The highest BCUT2D eigenvalue weighted by Gasteiger charge is 2.41. The molecule has 0 radical (unpaired) electrons. The van der Waals surface area contributed by atoms with E-state index in [0.29, 0.717) is 5.92 Å². The summed E-state index contributed by atoms with van der Waals surface area (Å²) in [5.74, 6) is 5.22. The Morgan fingerprint density at radius 3 is 1.96 bits per heavy atom. The van der Waals surface area contributed by atoms with Gasteiger partial charge in [-0.3, -0.25) is 0 Å². The third kappa shape index (κ3) is 8.32. The number of unbranched alkanes of at least 4 members (excludes halogenated alkanes) is 7. The number of rotatable bonds is 15. The zero-order chi connectivity index (χ0) is 18.3. The van der Waals surface area contributed by atoms with Gasteiger partial charge < -0.3 is 4.84 Å². The average molecular weight is 340 g/mol. The van der Waals surface area contributed by atoms with Crippen LogP contribution in [0.1, 0.15) is 105 Å². The minimum Gasteiger partial charge on any atom is -0.373 e. The van der Waals surface area contributed by atoms with E-state index in [2.05, 4.69) is 44.7 Å². The molecule has 3 nitrogen and oxygen atoms in total. The van der Waals surface area contributed by atoms with Gasteiger partial charge in [0.15, 0.2) is 0 Å². The minimum atomic E-state index is -0.410. The van der Waals surface area contributed by atoms with Gasteiger partial charge in [-0.1, -0.05) is 72.0 Å². The van der Waals surface area contributed by atoms with E-state index in [-0.39, 0.29) is 5.97 Å². The second-order valence-corrected chi connectivity index (χ2v) is 7.13. The van der Waals surface area contributed by atoms with Crippen LogP contribution >= 0.6 is 0 Å². The van der Waals surface area contributed by atoms with E-state index in [1.807, 2.05) is 0 Å². The van der Waals surface area contributed by atoms with Crippen molar-refractivity contribution >= 4 is 5.97 Å². The Hall–Kier alpha value is -0.830. The molecule has 0 spiro atoms. The molecule has 0 aromatic heterocycles. The van der Waals surface area contributed by atoms with Gasteiger partial charge in [-0.05, 0) is 50.9 Å². The van der Waals surface area contributed by atoms with Crippen LogP contribution in [0.5, 0.6) is 0 Å². The zero-order valence-electron chi connectivity index (χ0n) is 16.6. The van der Waals surface area contributed by atoms with Crippen LogP contribution in [0.15, 0.2) is 12.2 Å². The lowest BCUT2D eigenvalue weighted by Gasteiger charge is -2.34. The molecule has 0 heterocycles. The van der Waals surface area contributed by atoms with Gasteiger partial charge in [0.1, 0.15) is 0 Å². The maximum Gasteiger partial charge on any atom is 0.330 e. The molecule has 2 N–H and O–H groups in total. The van der Waals surface area contributed by atoms with E-state index in [1.54, 1.807) is 0 Å². The Morgan fingerprint density at radius 1 is 0.958 bits per heavy atom. The summed E-state index contributed by atoms with van der Waals surface area (Å²) in [6.07, 6.45) is 18.7. The first-order valence-electron chi connectivity index (χ1n) is 10.1. The number of allylic oxidation sites excluding steroid dienone is 2. The largest absolute Gasteiger partial charge is 0.373 e. The Kier molecular flexibility index (Phi) is 14.0. The maximum atomic E-state index is 12.1. The van der Waals surface area contributed by atoms with Gasteiger partial charge in [-0.25, -0.2) is 4.79 Å². The number of carbonyl (C=O) groups excluding carboxylic acids is 1. The topological polar surface area (TPSA) is 52.3 Å². The molecule has 0 rings (SSSR count). The van der Waals surface area contributed by atoms with Gasteiger partial charge in [0.05, 0.1) is 5.41 Å². The van der Waals surface area contributed by atoms with E-state index in [1.165, 1.54) is 57.8 Å². The quantitative estimate of drug-likeness (QED) is 0.216. The van der Waals surface area contributed by atoms with E-state index in [9.17, 15) is 4.79 Å². The summed E-state index contributed by atoms with van der Waals surface area (Å²) in [7, 11) is 0. The molecule has 0 aromatic carbocycles. The molecular formula is C21H41NO2. The summed E-state index contributed by atoms with van der Waals surface area (Å²) in [4.78, 5) is 16.7. The molecule has 0 aromatic rings. The fraction of sp³-hybridized carbons (Fsp3) is 0.857. The summed E-state index contributed by atoms with van der Waals surface area (Å²) < 4.78 is 0. The summed E-state index contributed by atoms with van der Waals surface area (Å²) >= 11 is 0. The van der Waals surface area contributed by atoms with Crippen molar-refractivity contribution in [3.8, 4) is 0 Å². The second-order valence-electron chi connectivity index (χ2n) is 7.13. The molecule has 1 unspecified atom stereocenters. The van der Waals surface area contributed by atoms with E-state index < -0.39 is 5.41 Å². The Bertz CT molecular complexity index is 335. The van der Waals surface area contributed by atoms with Crippen molar-refractivity contribution in [1.82, 2.24) is 0 Å². The fourth-order valence-electron chi connectivity index (χ4n) is 3.64. The van der Waals surface area contributed by atoms with Gasteiger partial charge in [-0.2, -0.15) is 5.90 Å². The van der Waals surface area contributed by atoms with Gasteiger partial charge >= 0.3 is 5.97 Å². The van der Waals surface area contributed by atoms with Gasteiger partial charge in [0.25, 0.3) is 0 Å². The molecule has 1 atom stereocenters. The fourth-order valence-corrected chi connectivity index (χ4v) is 3.64. The van der Waals surface area contributed by atoms with Crippen molar-refractivity contribution in [3.63, 3.8) is 0 Å². The monoisotopic (exact) mass is 339 g/mol.